The lowest BCUT2D eigenvalue weighted by atomic mass is 10.1. The summed E-state index contributed by atoms with van der Waals surface area (Å²) in [6.45, 7) is 6.95. The Balaban J connectivity index is 2.87. The van der Waals surface area contributed by atoms with Crippen molar-refractivity contribution in [3.63, 3.8) is 0 Å². The minimum atomic E-state index is 0.277. The zero-order valence-corrected chi connectivity index (χ0v) is 12.0. The van der Waals surface area contributed by atoms with Crippen molar-refractivity contribution in [2.24, 2.45) is 10.7 Å². The van der Waals surface area contributed by atoms with Gasteiger partial charge in [-0.05, 0) is 48.7 Å². The standard InChI is InChI=1S/C12H17BrN4/c1-4-8-5-6-15-12-9(10(8)14)11(13)16-17(12)7(2)3/h4,7H,5-6,14H2,1-3H3/b8-4+. The van der Waals surface area contributed by atoms with E-state index >= 15 is 0 Å². The Morgan fingerprint density at radius 2 is 2.18 bits per heavy atom. The molecule has 2 N–H and O–H groups in total. The van der Waals surface area contributed by atoms with Gasteiger partial charge in [-0.1, -0.05) is 6.08 Å². The summed E-state index contributed by atoms with van der Waals surface area (Å²) >= 11 is 3.48. The van der Waals surface area contributed by atoms with Crippen molar-refractivity contribution in [2.45, 2.75) is 33.2 Å². The normalized spacial score (nSPS) is 18.2. The molecule has 0 unspecified atom stereocenters. The Bertz CT molecular complexity index is 580. The van der Waals surface area contributed by atoms with Gasteiger partial charge in [0.25, 0.3) is 0 Å². The van der Waals surface area contributed by atoms with Crippen LogP contribution in [0.3, 0.4) is 0 Å². The van der Waals surface area contributed by atoms with Crippen LogP contribution in [0.1, 0.15) is 33.2 Å². The maximum atomic E-state index is 6.22. The van der Waals surface area contributed by atoms with Gasteiger partial charge in [-0.3, -0.25) is 4.99 Å². The van der Waals surface area contributed by atoms with Crippen LogP contribution in [-0.4, -0.2) is 16.3 Å². The molecule has 17 heavy (non-hydrogen) atoms. The van der Waals surface area contributed by atoms with Crippen LogP contribution in [0.25, 0.3) is 5.70 Å². The highest BCUT2D eigenvalue weighted by molar-refractivity contribution is 9.10. The van der Waals surface area contributed by atoms with Crippen LogP contribution in [0.15, 0.2) is 21.2 Å². The average Bonchev–Trinajstić information content (AvgIpc) is 2.51. The molecule has 0 saturated carbocycles. The quantitative estimate of drug-likeness (QED) is 0.848. The number of hydrogen-bond donors (Lipinski definition) is 1. The highest BCUT2D eigenvalue weighted by Gasteiger charge is 2.15. The van der Waals surface area contributed by atoms with E-state index in [4.69, 9.17) is 5.73 Å². The lowest BCUT2D eigenvalue weighted by Crippen LogP contribution is -2.34. The van der Waals surface area contributed by atoms with E-state index in [0.717, 1.165) is 39.5 Å². The van der Waals surface area contributed by atoms with Crippen molar-refractivity contribution in [1.82, 2.24) is 9.78 Å². The second-order valence-corrected chi connectivity index (χ2v) is 5.14. The topological polar surface area (TPSA) is 56.2 Å². The summed E-state index contributed by atoms with van der Waals surface area (Å²) in [5, 5.41) is 5.40. The van der Waals surface area contributed by atoms with Gasteiger partial charge in [-0.25, -0.2) is 4.68 Å². The van der Waals surface area contributed by atoms with Crippen molar-refractivity contribution in [1.29, 1.82) is 0 Å². The molecule has 1 aliphatic heterocycles. The van der Waals surface area contributed by atoms with Crippen molar-refractivity contribution >= 4 is 21.6 Å². The third-order valence-electron chi connectivity index (χ3n) is 2.94. The first-order chi connectivity index (χ1) is 8.06. The summed E-state index contributed by atoms with van der Waals surface area (Å²) < 4.78 is 2.70. The number of allylic oxidation sites excluding steroid dienone is 1. The Hall–Kier alpha value is -1.10. The molecule has 0 saturated heterocycles. The van der Waals surface area contributed by atoms with Gasteiger partial charge in [0.05, 0.1) is 5.22 Å². The van der Waals surface area contributed by atoms with Gasteiger partial charge in [0, 0.05) is 18.3 Å². The molecular weight excluding hydrogens is 280 g/mol. The van der Waals surface area contributed by atoms with Gasteiger partial charge in [-0.15, -0.1) is 0 Å². The SMILES string of the molecule is C/C=C1\CCN=c2c(c(Br)nn2C(C)C)=C1N. The Morgan fingerprint density at radius 1 is 1.47 bits per heavy atom. The Morgan fingerprint density at radius 3 is 2.76 bits per heavy atom. The Kier molecular flexibility index (Phi) is 3.38. The van der Waals surface area contributed by atoms with E-state index in [1.807, 2.05) is 11.6 Å². The molecule has 92 valence electrons. The van der Waals surface area contributed by atoms with Gasteiger partial charge >= 0.3 is 0 Å². The molecule has 4 nitrogen and oxygen atoms in total. The van der Waals surface area contributed by atoms with E-state index in [-0.39, 0.29) is 6.04 Å². The second-order valence-electron chi connectivity index (χ2n) is 4.39. The van der Waals surface area contributed by atoms with E-state index in [1.165, 1.54) is 0 Å². The lowest BCUT2D eigenvalue weighted by Gasteiger charge is -2.03. The van der Waals surface area contributed by atoms with Gasteiger partial charge in [0.15, 0.2) is 5.49 Å². The van der Waals surface area contributed by atoms with E-state index in [2.05, 4.69) is 45.9 Å². The number of halogens is 1. The third-order valence-corrected chi connectivity index (χ3v) is 3.49. The summed E-state index contributed by atoms with van der Waals surface area (Å²) in [5.41, 5.74) is 9.05. The van der Waals surface area contributed by atoms with Gasteiger partial charge in [-0.2, -0.15) is 5.10 Å². The molecule has 0 spiro atoms. The molecule has 0 amide bonds. The molecule has 1 aromatic heterocycles. The van der Waals surface area contributed by atoms with Crippen molar-refractivity contribution in [3.05, 3.63) is 27.0 Å². The predicted molar refractivity (Wildman–Crippen MR) is 71.9 cm³/mol. The van der Waals surface area contributed by atoms with Crippen molar-refractivity contribution in [2.75, 3.05) is 6.54 Å². The molecule has 1 aliphatic rings. The lowest BCUT2D eigenvalue weighted by molar-refractivity contribution is 0.505. The molecular formula is C12H17BrN4. The van der Waals surface area contributed by atoms with E-state index < -0.39 is 0 Å². The largest absolute Gasteiger partial charge is 0.398 e. The maximum absolute atomic E-state index is 6.22. The first-order valence-corrected chi connectivity index (χ1v) is 6.59. The van der Waals surface area contributed by atoms with Crippen molar-refractivity contribution < 1.29 is 0 Å². The summed E-state index contributed by atoms with van der Waals surface area (Å²) in [7, 11) is 0. The Labute approximate surface area is 109 Å². The summed E-state index contributed by atoms with van der Waals surface area (Å²) in [5.74, 6) is 0. The molecule has 0 aliphatic carbocycles. The second kappa shape index (κ2) is 4.64. The van der Waals surface area contributed by atoms with Gasteiger partial charge in [0.1, 0.15) is 4.60 Å². The van der Waals surface area contributed by atoms with Crippen LogP contribution in [0, 0.1) is 0 Å². The average molecular weight is 297 g/mol. The number of hydrogen-bond acceptors (Lipinski definition) is 3. The maximum Gasteiger partial charge on any atom is 0.156 e. The molecule has 2 heterocycles. The highest BCUT2D eigenvalue weighted by atomic mass is 79.9. The van der Waals surface area contributed by atoms with Crippen LogP contribution >= 0.6 is 15.9 Å². The van der Waals surface area contributed by atoms with Crippen LogP contribution in [0.5, 0.6) is 0 Å². The smallest absolute Gasteiger partial charge is 0.156 e. The molecule has 0 atom stereocenters. The molecule has 0 bridgehead atoms. The first-order valence-electron chi connectivity index (χ1n) is 5.80. The predicted octanol–water partition coefficient (Wildman–Crippen LogP) is 1.26. The number of rotatable bonds is 1. The first kappa shape index (κ1) is 12.4. The number of nitrogens with zero attached hydrogens (tertiary/aromatic N) is 3. The zero-order chi connectivity index (χ0) is 12.6. The summed E-state index contributed by atoms with van der Waals surface area (Å²) in [4.78, 5) is 4.61. The molecule has 5 heteroatoms. The fourth-order valence-corrected chi connectivity index (χ4v) is 2.58. The van der Waals surface area contributed by atoms with Gasteiger partial charge < -0.3 is 5.73 Å². The molecule has 2 rings (SSSR count). The van der Waals surface area contributed by atoms with E-state index in [1.54, 1.807) is 0 Å². The molecule has 0 radical (unpaired) electrons. The fraction of sp³-hybridized carbons (Fsp3) is 0.500. The number of aromatic nitrogens is 2. The minimum absolute atomic E-state index is 0.277. The monoisotopic (exact) mass is 296 g/mol. The van der Waals surface area contributed by atoms with Crippen molar-refractivity contribution in [3.8, 4) is 0 Å². The van der Waals surface area contributed by atoms with Crippen LogP contribution in [0.4, 0.5) is 0 Å². The van der Waals surface area contributed by atoms with Crippen LogP contribution in [-0.2, 0) is 0 Å². The highest BCUT2D eigenvalue weighted by Crippen LogP contribution is 2.12. The third kappa shape index (κ3) is 2.04. The van der Waals surface area contributed by atoms with Crippen LogP contribution in [0.2, 0.25) is 0 Å². The van der Waals surface area contributed by atoms with E-state index in [9.17, 15) is 0 Å². The number of nitrogens with two attached hydrogens (primary N) is 1. The molecule has 0 aromatic carbocycles. The fourth-order valence-electron chi connectivity index (χ4n) is 2.02. The van der Waals surface area contributed by atoms with Gasteiger partial charge in [0.2, 0.25) is 0 Å². The van der Waals surface area contributed by atoms with E-state index in [0.29, 0.717) is 0 Å². The molecule has 1 aromatic rings. The summed E-state index contributed by atoms with van der Waals surface area (Å²) in [6.07, 6.45) is 2.95. The zero-order valence-electron chi connectivity index (χ0n) is 10.4. The van der Waals surface area contributed by atoms with Crippen LogP contribution < -0.4 is 16.4 Å². The minimum Gasteiger partial charge on any atom is -0.398 e. The summed E-state index contributed by atoms with van der Waals surface area (Å²) in [6, 6.07) is 0.277. The molecule has 0 fully saturated rings. The number of fused-ring (bicyclic) bond motifs is 1.